The van der Waals surface area contributed by atoms with E-state index in [2.05, 4.69) is 15.0 Å². The van der Waals surface area contributed by atoms with Crippen molar-refractivity contribution in [3.63, 3.8) is 0 Å². The molecule has 2 aliphatic rings. The fourth-order valence-corrected chi connectivity index (χ4v) is 3.45. The molecule has 0 unspecified atom stereocenters. The molecule has 5 nitrogen and oxygen atoms in total. The van der Waals surface area contributed by atoms with Gasteiger partial charge in [0.25, 0.3) is 0 Å². The summed E-state index contributed by atoms with van der Waals surface area (Å²) in [5.41, 5.74) is 6.14. The van der Waals surface area contributed by atoms with Crippen molar-refractivity contribution >= 4 is 0 Å². The van der Waals surface area contributed by atoms with Crippen LogP contribution in [0, 0.1) is 5.41 Å². The number of hydrogen-bond donors (Lipinski definition) is 1. The van der Waals surface area contributed by atoms with Crippen LogP contribution in [-0.2, 0) is 13.1 Å². The molecule has 1 spiro atoms. The molecule has 2 fully saturated rings. The standard InChI is InChI=1S/C13H22N4O/c14-9-12-15-11(16-18-12)10-17-7-5-13(6-8-17)3-1-2-4-13/h1-10,14H2. The maximum Gasteiger partial charge on any atom is 0.240 e. The van der Waals surface area contributed by atoms with Crippen LogP contribution in [0.1, 0.15) is 50.2 Å². The van der Waals surface area contributed by atoms with Gasteiger partial charge in [0.05, 0.1) is 13.1 Å². The lowest BCUT2D eigenvalue weighted by molar-refractivity contribution is 0.101. The van der Waals surface area contributed by atoms with E-state index in [0.717, 1.165) is 12.4 Å². The van der Waals surface area contributed by atoms with Gasteiger partial charge in [0.15, 0.2) is 5.82 Å². The summed E-state index contributed by atoms with van der Waals surface area (Å²) in [6, 6.07) is 0. The Morgan fingerprint density at radius 2 is 1.89 bits per heavy atom. The smallest absolute Gasteiger partial charge is 0.240 e. The molecule has 1 aliphatic heterocycles. The van der Waals surface area contributed by atoms with E-state index in [0.29, 0.717) is 17.9 Å². The quantitative estimate of drug-likeness (QED) is 0.884. The van der Waals surface area contributed by atoms with E-state index in [1.165, 1.54) is 51.6 Å². The minimum atomic E-state index is 0.329. The van der Waals surface area contributed by atoms with Crippen molar-refractivity contribution in [3.8, 4) is 0 Å². The Bertz CT molecular complexity index is 387. The molecule has 1 saturated carbocycles. The summed E-state index contributed by atoms with van der Waals surface area (Å²) in [6.45, 7) is 3.48. The van der Waals surface area contributed by atoms with E-state index in [1.807, 2.05) is 0 Å². The highest BCUT2D eigenvalue weighted by Gasteiger charge is 2.36. The number of rotatable bonds is 3. The van der Waals surface area contributed by atoms with Crippen LogP contribution in [0.25, 0.3) is 0 Å². The zero-order chi connectivity index (χ0) is 12.4. The van der Waals surface area contributed by atoms with Gasteiger partial charge in [0.1, 0.15) is 0 Å². The second kappa shape index (κ2) is 4.97. The first-order valence-electron chi connectivity index (χ1n) is 7.04. The first kappa shape index (κ1) is 12.1. The molecule has 1 aliphatic carbocycles. The second-order valence-electron chi connectivity index (χ2n) is 5.79. The number of nitrogens with zero attached hydrogens (tertiary/aromatic N) is 3. The molecule has 2 heterocycles. The summed E-state index contributed by atoms with van der Waals surface area (Å²) in [5, 5.41) is 3.96. The Balaban J connectivity index is 1.53. The van der Waals surface area contributed by atoms with Crippen molar-refractivity contribution in [1.82, 2.24) is 15.0 Å². The number of nitrogens with two attached hydrogens (primary N) is 1. The van der Waals surface area contributed by atoms with E-state index < -0.39 is 0 Å². The molecule has 3 rings (SSSR count). The number of piperidine rings is 1. The van der Waals surface area contributed by atoms with Gasteiger partial charge < -0.3 is 10.3 Å². The normalized spacial score (nSPS) is 23.8. The number of aromatic nitrogens is 2. The Morgan fingerprint density at radius 1 is 1.17 bits per heavy atom. The highest BCUT2D eigenvalue weighted by atomic mass is 16.5. The van der Waals surface area contributed by atoms with Crippen molar-refractivity contribution < 1.29 is 4.52 Å². The van der Waals surface area contributed by atoms with Gasteiger partial charge in [-0.2, -0.15) is 4.98 Å². The zero-order valence-corrected chi connectivity index (χ0v) is 10.9. The highest BCUT2D eigenvalue weighted by molar-refractivity contribution is 4.92. The summed E-state index contributed by atoms with van der Waals surface area (Å²) in [4.78, 5) is 6.71. The van der Waals surface area contributed by atoms with Gasteiger partial charge in [-0.1, -0.05) is 18.0 Å². The van der Waals surface area contributed by atoms with Crippen LogP contribution in [0.15, 0.2) is 4.52 Å². The van der Waals surface area contributed by atoms with E-state index in [1.54, 1.807) is 0 Å². The van der Waals surface area contributed by atoms with Gasteiger partial charge in [0, 0.05) is 0 Å². The van der Waals surface area contributed by atoms with Crippen molar-refractivity contribution in [2.75, 3.05) is 13.1 Å². The van der Waals surface area contributed by atoms with Crippen LogP contribution in [0.4, 0.5) is 0 Å². The van der Waals surface area contributed by atoms with Gasteiger partial charge >= 0.3 is 0 Å². The molecule has 0 radical (unpaired) electrons. The molecule has 100 valence electrons. The van der Waals surface area contributed by atoms with Crippen LogP contribution < -0.4 is 5.73 Å². The molecule has 18 heavy (non-hydrogen) atoms. The minimum Gasteiger partial charge on any atom is -0.338 e. The maximum absolute atomic E-state index is 5.47. The second-order valence-corrected chi connectivity index (χ2v) is 5.79. The molecule has 0 aromatic carbocycles. The van der Waals surface area contributed by atoms with Gasteiger partial charge in [-0.05, 0) is 44.2 Å². The summed E-state index contributed by atoms with van der Waals surface area (Å²) in [5.74, 6) is 1.31. The zero-order valence-electron chi connectivity index (χ0n) is 10.9. The van der Waals surface area contributed by atoms with Crippen LogP contribution >= 0.6 is 0 Å². The molecular formula is C13H22N4O. The third kappa shape index (κ3) is 2.42. The fourth-order valence-electron chi connectivity index (χ4n) is 3.45. The molecular weight excluding hydrogens is 228 g/mol. The first-order valence-corrected chi connectivity index (χ1v) is 7.04. The van der Waals surface area contributed by atoms with Crippen molar-refractivity contribution in [2.45, 2.75) is 51.6 Å². The van der Waals surface area contributed by atoms with Gasteiger partial charge in [-0.25, -0.2) is 0 Å². The van der Waals surface area contributed by atoms with E-state index >= 15 is 0 Å². The first-order chi connectivity index (χ1) is 8.80. The molecule has 2 N–H and O–H groups in total. The van der Waals surface area contributed by atoms with E-state index in [4.69, 9.17) is 10.3 Å². The minimum absolute atomic E-state index is 0.329. The third-order valence-corrected chi connectivity index (χ3v) is 4.63. The van der Waals surface area contributed by atoms with Crippen molar-refractivity contribution in [2.24, 2.45) is 11.1 Å². The predicted molar refractivity (Wildman–Crippen MR) is 67.6 cm³/mol. The number of hydrogen-bond acceptors (Lipinski definition) is 5. The molecule has 5 heteroatoms. The van der Waals surface area contributed by atoms with Crippen molar-refractivity contribution in [3.05, 3.63) is 11.7 Å². The third-order valence-electron chi connectivity index (χ3n) is 4.63. The van der Waals surface area contributed by atoms with Crippen molar-refractivity contribution in [1.29, 1.82) is 0 Å². The van der Waals surface area contributed by atoms with Gasteiger partial charge in [-0.15, -0.1) is 0 Å². The summed E-state index contributed by atoms with van der Waals surface area (Å²) in [6.07, 6.45) is 8.44. The lowest BCUT2D eigenvalue weighted by Gasteiger charge is -2.38. The number of likely N-dealkylation sites (tertiary alicyclic amines) is 1. The molecule has 0 atom stereocenters. The summed E-state index contributed by atoms with van der Waals surface area (Å²) >= 11 is 0. The molecule has 1 aromatic heterocycles. The molecule has 1 aromatic rings. The summed E-state index contributed by atoms with van der Waals surface area (Å²) < 4.78 is 5.04. The lowest BCUT2D eigenvalue weighted by atomic mass is 9.77. The van der Waals surface area contributed by atoms with Crippen LogP contribution in [0.3, 0.4) is 0 Å². The Kier molecular flexibility index (Phi) is 3.35. The molecule has 0 amide bonds. The van der Waals surface area contributed by atoms with Gasteiger partial charge in [0.2, 0.25) is 5.89 Å². The average Bonchev–Trinajstić information content (AvgIpc) is 3.02. The van der Waals surface area contributed by atoms with Crippen LogP contribution in [0.2, 0.25) is 0 Å². The Labute approximate surface area is 108 Å². The Morgan fingerprint density at radius 3 is 2.50 bits per heavy atom. The highest BCUT2D eigenvalue weighted by Crippen LogP contribution is 2.46. The topological polar surface area (TPSA) is 68.2 Å². The van der Waals surface area contributed by atoms with E-state index in [-0.39, 0.29) is 0 Å². The van der Waals surface area contributed by atoms with Gasteiger partial charge in [-0.3, -0.25) is 4.90 Å². The van der Waals surface area contributed by atoms with E-state index in [9.17, 15) is 0 Å². The SMILES string of the molecule is NCc1nc(CN2CCC3(CCCC3)CC2)no1. The molecule has 1 saturated heterocycles. The predicted octanol–water partition coefficient (Wildman–Crippen LogP) is 1.68. The maximum atomic E-state index is 5.47. The Hall–Kier alpha value is -0.940. The fraction of sp³-hybridized carbons (Fsp3) is 0.846. The lowest BCUT2D eigenvalue weighted by Crippen LogP contribution is -2.38. The van der Waals surface area contributed by atoms with Crippen LogP contribution in [-0.4, -0.2) is 28.1 Å². The largest absolute Gasteiger partial charge is 0.338 e. The average molecular weight is 250 g/mol. The van der Waals surface area contributed by atoms with Crippen LogP contribution in [0.5, 0.6) is 0 Å². The summed E-state index contributed by atoms with van der Waals surface area (Å²) in [7, 11) is 0. The molecule has 0 bridgehead atoms. The monoisotopic (exact) mass is 250 g/mol.